The number of carbonyl (C=O) groups is 3. The van der Waals surface area contributed by atoms with Crippen LogP contribution in [-0.2, 0) is 30.9 Å². The van der Waals surface area contributed by atoms with Crippen LogP contribution < -0.4 is 5.32 Å². The number of sulfonamides is 1. The molecule has 0 saturated heterocycles. The van der Waals surface area contributed by atoms with E-state index in [4.69, 9.17) is 4.74 Å². The van der Waals surface area contributed by atoms with Gasteiger partial charge in [0.15, 0.2) is 6.61 Å². The summed E-state index contributed by atoms with van der Waals surface area (Å²) in [6.07, 6.45) is 0. The number of amides is 2. The smallest absolute Gasteiger partial charge is 0.325 e. The lowest BCUT2D eigenvalue weighted by molar-refractivity contribution is -0.150. The molecule has 0 atom stereocenters. The molecule has 1 aromatic heterocycles. The van der Waals surface area contributed by atoms with E-state index in [1.807, 2.05) is 16.8 Å². The summed E-state index contributed by atoms with van der Waals surface area (Å²) in [5, 5.41) is 6.23. The van der Waals surface area contributed by atoms with Gasteiger partial charge >= 0.3 is 5.97 Å². The number of hydrogen-bond acceptors (Lipinski definition) is 7. The molecular formula is C21H27N3O6S2. The summed E-state index contributed by atoms with van der Waals surface area (Å²) in [4.78, 5) is 37.7. The van der Waals surface area contributed by atoms with Crippen LogP contribution >= 0.6 is 11.3 Å². The largest absolute Gasteiger partial charge is 0.454 e. The molecule has 9 nitrogen and oxygen atoms in total. The Kier molecular flexibility index (Phi) is 9.36. The number of likely N-dealkylation sites (N-methyl/N-ethyl adjacent to an activating group) is 1. The van der Waals surface area contributed by atoms with Crippen LogP contribution in [0.4, 0.5) is 0 Å². The third-order valence-corrected chi connectivity index (χ3v) is 7.43. The Morgan fingerprint density at radius 1 is 1.06 bits per heavy atom. The average Bonchev–Trinajstić information content (AvgIpc) is 3.29. The number of nitrogens with one attached hydrogen (secondary N) is 1. The number of nitrogens with zero attached hydrogens (tertiary/aromatic N) is 2. The van der Waals surface area contributed by atoms with Gasteiger partial charge in [-0.25, -0.2) is 8.42 Å². The van der Waals surface area contributed by atoms with Gasteiger partial charge in [0, 0.05) is 32.2 Å². The first-order chi connectivity index (χ1) is 15.2. The molecule has 174 valence electrons. The van der Waals surface area contributed by atoms with E-state index in [9.17, 15) is 22.8 Å². The van der Waals surface area contributed by atoms with Crippen LogP contribution in [0.2, 0.25) is 0 Å². The van der Waals surface area contributed by atoms with Gasteiger partial charge in [0.2, 0.25) is 10.0 Å². The second kappa shape index (κ2) is 11.7. The van der Waals surface area contributed by atoms with Crippen molar-refractivity contribution in [1.29, 1.82) is 0 Å². The van der Waals surface area contributed by atoms with Gasteiger partial charge in [0.1, 0.15) is 6.54 Å². The molecule has 0 radical (unpaired) electrons. The van der Waals surface area contributed by atoms with Gasteiger partial charge in [-0.15, -0.1) is 0 Å². The minimum atomic E-state index is -3.62. The summed E-state index contributed by atoms with van der Waals surface area (Å²) < 4.78 is 31.2. The van der Waals surface area contributed by atoms with E-state index in [-0.39, 0.29) is 16.4 Å². The van der Waals surface area contributed by atoms with E-state index < -0.39 is 35.1 Å². The number of hydrogen-bond donors (Lipinski definition) is 1. The zero-order chi connectivity index (χ0) is 23.7. The van der Waals surface area contributed by atoms with Crippen molar-refractivity contribution in [2.75, 3.05) is 33.3 Å². The molecule has 1 heterocycles. The summed E-state index contributed by atoms with van der Waals surface area (Å²) in [5.41, 5.74) is 1.18. The number of esters is 1. The molecule has 2 amide bonds. The van der Waals surface area contributed by atoms with Gasteiger partial charge in [0.25, 0.3) is 11.8 Å². The highest BCUT2D eigenvalue weighted by Gasteiger charge is 2.22. The molecule has 0 spiro atoms. The van der Waals surface area contributed by atoms with Crippen LogP contribution in [0.1, 0.15) is 29.8 Å². The predicted molar refractivity (Wildman–Crippen MR) is 121 cm³/mol. The van der Waals surface area contributed by atoms with Crippen molar-refractivity contribution < 1.29 is 27.5 Å². The van der Waals surface area contributed by atoms with Gasteiger partial charge in [0.05, 0.1) is 4.90 Å². The SMILES string of the molecule is CCN(CC)S(=O)(=O)c1ccc(C(=O)NCC(=O)OCC(=O)N(C)Cc2ccsc2)cc1. The lowest BCUT2D eigenvalue weighted by Crippen LogP contribution is -2.34. The molecule has 0 bridgehead atoms. The second-order valence-electron chi connectivity index (χ2n) is 6.84. The first-order valence-corrected chi connectivity index (χ1v) is 12.4. The van der Waals surface area contributed by atoms with Crippen molar-refractivity contribution in [1.82, 2.24) is 14.5 Å². The summed E-state index contributed by atoms with van der Waals surface area (Å²) in [5.74, 6) is -1.67. The van der Waals surface area contributed by atoms with Crippen molar-refractivity contribution in [2.45, 2.75) is 25.3 Å². The number of thiophene rings is 1. The summed E-state index contributed by atoms with van der Waals surface area (Å²) in [7, 11) is -2.01. The molecule has 0 aliphatic rings. The van der Waals surface area contributed by atoms with E-state index in [1.54, 1.807) is 20.9 Å². The van der Waals surface area contributed by atoms with E-state index in [1.165, 1.54) is 44.8 Å². The Hall–Kier alpha value is -2.76. The molecule has 2 aromatic rings. The minimum Gasteiger partial charge on any atom is -0.454 e. The van der Waals surface area contributed by atoms with Gasteiger partial charge in [-0.2, -0.15) is 15.6 Å². The molecular weight excluding hydrogens is 454 g/mol. The first kappa shape index (κ1) is 25.5. The summed E-state index contributed by atoms with van der Waals surface area (Å²) in [6, 6.07) is 7.35. The van der Waals surface area contributed by atoms with Crippen molar-refractivity contribution in [3.05, 3.63) is 52.2 Å². The van der Waals surface area contributed by atoms with Gasteiger partial charge in [-0.1, -0.05) is 13.8 Å². The third kappa shape index (κ3) is 6.87. The quantitative estimate of drug-likeness (QED) is 0.489. The maximum Gasteiger partial charge on any atom is 0.325 e. The highest BCUT2D eigenvalue weighted by atomic mass is 32.2. The fraction of sp³-hybridized carbons (Fsp3) is 0.381. The summed E-state index contributed by atoms with van der Waals surface area (Å²) >= 11 is 1.53. The number of rotatable bonds is 11. The number of benzene rings is 1. The fourth-order valence-electron chi connectivity index (χ4n) is 2.79. The van der Waals surface area contributed by atoms with Crippen LogP contribution in [0.3, 0.4) is 0 Å². The topological polar surface area (TPSA) is 113 Å². The van der Waals surface area contributed by atoms with Crippen LogP contribution in [0.25, 0.3) is 0 Å². The van der Waals surface area contributed by atoms with Crippen molar-refractivity contribution in [2.24, 2.45) is 0 Å². The minimum absolute atomic E-state index is 0.0854. The summed E-state index contributed by atoms with van der Waals surface area (Å²) in [6.45, 7) is 3.75. The lowest BCUT2D eigenvalue weighted by atomic mass is 10.2. The number of ether oxygens (including phenoxy) is 1. The molecule has 1 aromatic carbocycles. The maximum atomic E-state index is 12.5. The number of carbonyl (C=O) groups excluding carboxylic acids is 3. The Labute approximate surface area is 192 Å². The van der Waals surface area contributed by atoms with Gasteiger partial charge < -0.3 is 15.0 Å². The van der Waals surface area contributed by atoms with E-state index >= 15 is 0 Å². The molecule has 2 rings (SSSR count). The standard InChI is InChI=1S/C21H27N3O6S2/c1-4-24(5-2)32(28,29)18-8-6-17(7-9-18)21(27)22-12-20(26)30-14-19(25)23(3)13-16-10-11-31-15-16/h6-11,15H,4-5,12-14H2,1-3H3,(H,22,27). The molecule has 32 heavy (non-hydrogen) atoms. The van der Waals surface area contributed by atoms with Crippen LogP contribution in [-0.4, -0.2) is 68.7 Å². The third-order valence-electron chi connectivity index (χ3n) is 4.64. The van der Waals surface area contributed by atoms with Crippen molar-refractivity contribution in [3.8, 4) is 0 Å². The van der Waals surface area contributed by atoms with Crippen molar-refractivity contribution >= 4 is 39.1 Å². The Balaban J connectivity index is 1.81. The van der Waals surface area contributed by atoms with Crippen LogP contribution in [0.5, 0.6) is 0 Å². The van der Waals surface area contributed by atoms with Gasteiger partial charge in [-0.3, -0.25) is 14.4 Å². The van der Waals surface area contributed by atoms with E-state index in [0.29, 0.717) is 19.6 Å². The van der Waals surface area contributed by atoms with Crippen molar-refractivity contribution in [3.63, 3.8) is 0 Å². The van der Waals surface area contributed by atoms with E-state index in [0.717, 1.165) is 5.56 Å². The fourth-order valence-corrected chi connectivity index (χ4v) is 4.91. The first-order valence-electron chi connectivity index (χ1n) is 9.98. The van der Waals surface area contributed by atoms with E-state index in [2.05, 4.69) is 5.32 Å². The Bertz CT molecular complexity index is 1020. The molecule has 11 heteroatoms. The predicted octanol–water partition coefficient (Wildman–Crippen LogP) is 1.71. The van der Waals surface area contributed by atoms with Crippen LogP contribution in [0, 0.1) is 0 Å². The molecule has 0 aliphatic carbocycles. The molecule has 0 unspecified atom stereocenters. The van der Waals surface area contributed by atoms with Gasteiger partial charge in [-0.05, 0) is 46.7 Å². The second-order valence-corrected chi connectivity index (χ2v) is 9.56. The highest BCUT2D eigenvalue weighted by molar-refractivity contribution is 7.89. The maximum absolute atomic E-state index is 12.5. The molecule has 1 N–H and O–H groups in total. The average molecular weight is 482 g/mol. The molecule has 0 fully saturated rings. The Morgan fingerprint density at radius 2 is 1.72 bits per heavy atom. The monoisotopic (exact) mass is 481 g/mol. The molecule has 0 saturated carbocycles. The zero-order valence-electron chi connectivity index (χ0n) is 18.2. The van der Waals surface area contributed by atoms with Crippen LogP contribution in [0.15, 0.2) is 46.0 Å². The molecule has 0 aliphatic heterocycles. The Morgan fingerprint density at radius 3 is 2.28 bits per heavy atom. The lowest BCUT2D eigenvalue weighted by Gasteiger charge is -2.18. The zero-order valence-corrected chi connectivity index (χ0v) is 19.9. The highest BCUT2D eigenvalue weighted by Crippen LogP contribution is 2.16. The normalized spacial score (nSPS) is 11.2.